The van der Waals surface area contributed by atoms with Crippen molar-refractivity contribution in [2.24, 2.45) is 0 Å². The number of carbonyl (C=O) groups excluding carboxylic acids is 1. The fourth-order valence-corrected chi connectivity index (χ4v) is 4.19. The Morgan fingerprint density at radius 1 is 1.10 bits per heavy atom. The smallest absolute Gasteiger partial charge is 0.255 e. The van der Waals surface area contributed by atoms with Gasteiger partial charge in [0.05, 0.1) is 0 Å². The van der Waals surface area contributed by atoms with E-state index in [0.717, 1.165) is 37.0 Å². The molecule has 1 atom stereocenters. The average molecular weight is 392 g/mol. The van der Waals surface area contributed by atoms with Crippen molar-refractivity contribution >= 4 is 16.8 Å². The van der Waals surface area contributed by atoms with Crippen molar-refractivity contribution in [3.63, 3.8) is 0 Å². The van der Waals surface area contributed by atoms with E-state index in [1.165, 1.54) is 10.9 Å². The van der Waals surface area contributed by atoms with Gasteiger partial charge in [0.1, 0.15) is 0 Å². The van der Waals surface area contributed by atoms with E-state index in [0.29, 0.717) is 19.5 Å². The van der Waals surface area contributed by atoms with Crippen LogP contribution in [-0.4, -0.2) is 46.1 Å². The Morgan fingerprint density at radius 3 is 2.72 bits per heavy atom. The highest BCUT2D eigenvalue weighted by molar-refractivity contribution is 5.86. The molecule has 0 unspecified atom stereocenters. The largest absolute Gasteiger partial charge is 0.379 e. The second kappa shape index (κ2) is 8.80. The first-order valence-corrected chi connectivity index (χ1v) is 10.5. The van der Waals surface area contributed by atoms with Gasteiger partial charge in [0.15, 0.2) is 5.60 Å². The van der Waals surface area contributed by atoms with Crippen LogP contribution in [0.3, 0.4) is 0 Å². The number of amides is 1. The van der Waals surface area contributed by atoms with Crippen molar-refractivity contribution in [3.8, 4) is 0 Å². The molecule has 1 aliphatic rings. The normalized spacial score (nSPS) is 19.8. The molecule has 2 aromatic carbocycles. The molecule has 3 N–H and O–H groups in total. The number of carbonyl (C=O) groups is 1. The maximum Gasteiger partial charge on any atom is 0.255 e. The molecule has 1 fully saturated rings. The molecular formula is C24H29N3O2. The molecule has 0 bridgehead atoms. The van der Waals surface area contributed by atoms with E-state index in [1.54, 1.807) is 0 Å². The van der Waals surface area contributed by atoms with E-state index >= 15 is 0 Å². The molecule has 5 nitrogen and oxygen atoms in total. The summed E-state index contributed by atoms with van der Waals surface area (Å²) in [5.74, 6) is -0.138. The van der Waals surface area contributed by atoms with Gasteiger partial charge >= 0.3 is 0 Å². The molecule has 1 saturated heterocycles. The fourth-order valence-electron chi connectivity index (χ4n) is 4.19. The lowest BCUT2D eigenvalue weighted by molar-refractivity contribution is -0.156. The molecule has 4 rings (SSSR count). The van der Waals surface area contributed by atoms with Crippen molar-refractivity contribution < 1.29 is 9.90 Å². The van der Waals surface area contributed by atoms with Crippen molar-refractivity contribution in [1.29, 1.82) is 0 Å². The molecule has 1 aliphatic heterocycles. The monoisotopic (exact) mass is 391 g/mol. The molecule has 2 heterocycles. The molecule has 0 spiro atoms. The lowest BCUT2D eigenvalue weighted by Crippen LogP contribution is -2.58. The zero-order valence-corrected chi connectivity index (χ0v) is 16.7. The van der Waals surface area contributed by atoms with E-state index in [2.05, 4.69) is 34.6 Å². The van der Waals surface area contributed by atoms with Crippen LogP contribution in [0, 0.1) is 0 Å². The average Bonchev–Trinajstić information content (AvgIpc) is 3.15. The van der Waals surface area contributed by atoms with Gasteiger partial charge in [0.2, 0.25) is 0 Å². The zero-order valence-electron chi connectivity index (χ0n) is 16.7. The number of nitrogens with one attached hydrogen (secondary N) is 2. The molecule has 0 aliphatic carbocycles. The third kappa shape index (κ3) is 4.69. The van der Waals surface area contributed by atoms with Gasteiger partial charge in [-0.1, -0.05) is 48.5 Å². The minimum atomic E-state index is -1.31. The second-order valence-corrected chi connectivity index (χ2v) is 8.00. The quantitative estimate of drug-likeness (QED) is 0.552. The van der Waals surface area contributed by atoms with Crippen LogP contribution in [0.4, 0.5) is 0 Å². The number of fused-ring (bicyclic) bond motifs is 1. The molecule has 3 aromatic rings. The summed E-state index contributed by atoms with van der Waals surface area (Å²) < 4.78 is 0. The molecule has 0 saturated carbocycles. The van der Waals surface area contributed by atoms with Gasteiger partial charge in [-0.15, -0.1) is 0 Å². The number of nitrogens with zero attached hydrogens (tertiary/aromatic N) is 1. The van der Waals surface area contributed by atoms with Crippen molar-refractivity contribution in [2.45, 2.75) is 37.8 Å². The van der Waals surface area contributed by atoms with Gasteiger partial charge in [-0.25, -0.2) is 0 Å². The Kier molecular flexibility index (Phi) is 5.97. The SMILES string of the molecule is O=C1N(CCCc2ccccc2)CCC[C@@]1(O)CNCc1cc2ccccc2[nH]1. The summed E-state index contributed by atoms with van der Waals surface area (Å²) in [4.78, 5) is 18.1. The third-order valence-corrected chi connectivity index (χ3v) is 5.76. The standard InChI is InChI=1S/C24H29N3O2/c28-23-24(29,18-25-17-21-16-20-11-4-5-12-22(20)26-21)13-7-15-27(23)14-6-10-19-8-2-1-3-9-19/h1-5,8-9,11-12,16,25-26,29H,6-7,10,13-15,17-18H2/t24-/m1/s1. The first-order valence-electron chi connectivity index (χ1n) is 10.5. The summed E-state index contributed by atoms with van der Waals surface area (Å²) in [6.07, 6.45) is 3.21. The van der Waals surface area contributed by atoms with Crippen LogP contribution in [0.5, 0.6) is 0 Å². The Balaban J connectivity index is 1.28. The number of para-hydroxylation sites is 1. The lowest BCUT2D eigenvalue weighted by atomic mass is 9.91. The van der Waals surface area contributed by atoms with Crippen molar-refractivity contribution in [2.75, 3.05) is 19.6 Å². The number of H-pyrrole nitrogens is 1. The number of aromatic amines is 1. The van der Waals surface area contributed by atoms with Crippen LogP contribution in [0.1, 0.15) is 30.5 Å². The van der Waals surface area contributed by atoms with Crippen LogP contribution < -0.4 is 5.32 Å². The Labute approximate surface area is 171 Å². The van der Waals surface area contributed by atoms with E-state index < -0.39 is 5.60 Å². The van der Waals surface area contributed by atoms with E-state index in [1.807, 2.05) is 41.3 Å². The topological polar surface area (TPSA) is 68.4 Å². The first kappa shape index (κ1) is 19.7. The predicted molar refractivity (Wildman–Crippen MR) is 116 cm³/mol. The number of hydrogen-bond acceptors (Lipinski definition) is 3. The lowest BCUT2D eigenvalue weighted by Gasteiger charge is -2.38. The number of rotatable bonds is 8. The maximum absolute atomic E-state index is 12.9. The maximum atomic E-state index is 12.9. The van der Waals surface area contributed by atoms with Gasteiger partial charge in [-0.05, 0) is 48.8 Å². The van der Waals surface area contributed by atoms with Gasteiger partial charge in [0, 0.05) is 37.4 Å². The Bertz CT molecular complexity index is 920. The number of aromatic nitrogens is 1. The highest BCUT2D eigenvalue weighted by Crippen LogP contribution is 2.23. The Hall–Kier alpha value is -2.63. The van der Waals surface area contributed by atoms with Crippen LogP contribution in [0.15, 0.2) is 60.7 Å². The number of aryl methyl sites for hydroxylation is 1. The molecule has 0 radical (unpaired) electrons. The zero-order chi connectivity index (χ0) is 20.1. The summed E-state index contributed by atoms with van der Waals surface area (Å²) in [5, 5.41) is 15.4. The summed E-state index contributed by atoms with van der Waals surface area (Å²) in [5.41, 5.74) is 2.13. The highest BCUT2D eigenvalue weighted by Gasteiger charge is 2.41. The minimum Gasteiger partial charge on any atom is -0.379 e. The van der Waals surface area contributed by atoms with Crippen molar-refractivity contribution in [3.05, 3.63) is 71.9 Å². The molecule has 1 amide bonds. The summed E-state index contributed by atoms with van der Waals surface area (Å²) in [7, 11) is 0. The van der Waals surface area contributed by atoms with Crippen LogP contribution in [0.25, 0.3) is 10.9 Å². The molecule has 152 valence electrons. The Morgan fingerprint density at radius 2 is 1.90 bits per heavy atom. The summed E-state index contributed by atoms with van der Waals surface area (Å²) in [6, 6.07) is 20.6. The fraction of sp³-hybridized carbons (Fsp3) is 0.375. The number of aliphatic hydroxyl groups is 1. The van der Waals surface area contributed by atoms with Gasteiger partial charge in [-0.3, -0.25) is 4.79 Å². The summed E-state index contributed by atoms with van der Waals surface area (Å²) >= 11 is 0. The van der Waals surface area contributed by atoms with E-state index in [4.69, 9.17) is 0 Å². The summed E-state index contributed by atoms with van der Waals surface area (Å²) in [6.45, 7) is 2.30. The second-order valence-electron chi connectivity index (χ2n) is 8.00. The number of benzene rings is 2. The number of likely N-dealkylation sites (tertiary alicyclic amines) is 1. The molecule has 5 heteroatoms. The molecule has 29 heavy (non-hydrogen) atoms. The highest BCUT2D eigenvalue weighted by atomic mass is 16.3. The first-order chi connectivity index (χ1) is 14.1. The number of piperidine rings is 1. The van der Waals surface area contributed by atoms with Crippen LogP contribution in [-0.2, 0) is 17.8 Å². The van der Waals surface area contributed by atoms with Gasteiger partial charge < -0.3 is 20.3 Å². The third-order valence-electron chi connectivity index (χ3n) is 5.76. The van der Waals surface area contributed by atoms with E-state index in [9.17, 15) is 9.90 Å². The van der Waals surface area contributed by atoms with Crippen molar-refractivity contribution in [1.82, 2.24) is 15.2 Å². The minimum absolute atomic E-state index is 0.138. The molecule has 1 aromatic heterocycles. The molecular weight excluding hydrogens is 362 g/mol. The van der Waals surface area contributed by atoms with Gasteiger partial charge in [-0.2, -0.15) is 0 Å². The van der Waals surface area contributed by atoms with E-state index in [-0.39, 0.29) is 12.5 Å². The van der Waals surface area contributed by atoms with Crippen LogP contribution in [0.2, 0.25) is 0 Å². The van der Waals surface area contributed by atoms with Crippen LogP contribution >= 0.6 is 0 Å². The van der Waals surface area contributed by atoms with Gasteiger partial charge in [0.25, 0.3) is 5.91 Å². The number of hydrogen-bond donors (Lipinski definition) is 3. The predicted octanol–water partition coefficient (Wildman–Crippen LogP) is 3.24.